The Labute approximate surface area is 117 Å². The molecule has 0 aliphatic rings. The van der Waals surface area contributed by atoms with Crippen molar-refractivity contribution in [1.29, 1.82) is 10.7 Å². The molecule has 0 radical (unpaired) electrons. The summed E-state index contributed by atoms with van der Waals surface area (Å²) in [6.45, 7) is 0. The fraction of sp³-hybridized carbons (Fsp3) is 0.182. The molecule has 0 heterocycles. The summed E-state index contributed by atoms with van der Waals surface area (Å²) in [4.78, 5) is 11.7. The molecule has 18 heavy (non-hydrogen) atoms. The zero-order chi connectivity index (χ0) is 13.8. The van der Waals surface area contributed by atoms with Gasteiger partial charge in [-0.05, 0) is 18.2 Å². The van der Waals surface area contributed by atoms with Gasteiger partial charge in [0.2, 0.25) is 0 Å². The van der Waals surface area contributed by atoms with Gasteiger partial charge in [-0.1, -0.05) is 27.5 Å². The first kappa shape index (κ1) is 14.6. The molecule has 1 amide bonds. The third-order valence-corrected chi connectivity index (χ3v) is 3.35. The van der Waals surface area contributed by atoms with E-state index in [-0.39, 0.29) is 15.9 Å². The second kappa shape index (κ2) is 5.96. The van der Waals surface area contributed by atoms with E-state index in [1.165, 1.54) is 18.2 Å². The van der Waals surface area contributed by atoms with Crippen molar-refractivity contribution in [3.05, 3.63) is 28.8 Å². The molecule has 7 heteroatoms. The number of benzene rings is 1. The Bertz CT molecular complexity index is 530. The molecule has 0 aromatic heterocycles. The van der Waals surface area contributed by atoms with Crippen molar-refractivity contribution < 1.29 is 9.90 Å². The topological polar surface area (TPSA) is 97.0 Å². The summed E-state index contributed by atoms with van der Waals surface area (Å²) in [5.74, 6) is -0.754. The fourth-order valence-corrected chi connectivity index (χ4v) is 1.73. The van der Waals surface area contributed by atoms with Gasteiger partial charge in [-0.25, -0.2) is 0 Å². The van der Waals surface area contributed by atoms with Crippen LogP contribution in [0.4, 0.5) is 5.69 Å². The van der Waals surface area contributed by atoms with Crippen LogP contribution in [0.1, 0.15) is 5.56 Å². The summed E-state index contributed by atoms with van der Waals surface area (Å²) < 4.78 is 0. The van der Waals surface area contributed by atoms with Gasteiger partial charge in [0.05, 0.1) is 10.6 Å². The lowest BCUT2D eigenvalue weighted by atomic mass is 10.1. The minimum Gasteiger partial charge on any atom is -0.374 e. The number of anilines is 1. The average molecular weight is 331 g/mol. The van der Waals surface area contributed by atoms with Crippen LogP contribution in [0.5, 0.6) is 0 Å². The molecule has 0 spiro atoms. The Kier molecular flexibility index (Phi) is 4.84. The first-order valence-electron chi connectivity index (χ1n) is 4.78. The summed E-state index contributed by atoms with van der Waals surface area (Å²) in [5, 5.41) is 28.0. The number of alkyl halides is 1. The van der Waals surface area contributed by atoms with Gasteiger partial charge in [0.15, 0.2) is 5.60 Å². The van der Waals surface area contributed by atoms with Crippen LogP contribution in [0.15, 0.2) is 18.2 Å². The molecule has 1 aromatic carbocycles. The maximum atomic E-state index is 11.7. The van der Waals surface area contributed by atoms with E-state index in [0.717, 1.165) is 0 Å². The van der Waals surface area contributed by atoms with Crippen LogP contribution in [0.3, 0.4) is 0 Å². The summed E-state index contributed by atoms with van der Waals surface area (Å²) >= 11 is 8.76. The van der Waals surface area contributed by atoms with Crippen molar-refractivity contribution in [3.63, 3.8) is 0 Å². The molecule has 0 aliphatic heterocycles. The number of nitriles is 1. The number of aliphatic hydroxyl groups is 1. The molecule has 1 rings (SSSR count). The van der Waals surface area contributed by atoms with Crippen molar-refractivity contribution >= 4 is 45.3 Å². The molecule has 0 aliphatic carbocycles. The Morgan fingerprint density at radius 3 is 2.83 bits per heavy atom. The largest absolute Gasteiger partial charge is 0.374 e. The third kappa shape index (κ3) is 3.07. The maximum Gasteiger partial charge on any atom is 0.262 e. The van der Waals surface area contributed by atoms with Crippen LogP contribution in [-0.4, -0.2) is 28.2 Å². The Balaban J connectivity index is 2.93. The van der Waals surface area contributed by atoms with Crippen molar-refractivity contribution in [1.82, 2.24) is 0 Å². The molecule has 3 N–H and O–H groups in total. The monoisotopic (exact) mass is 329 g/mol. The van der Waals surface area contributed by atoms with E-state index in [1.54, 1.807) is 0 Å². The summed E-state index contributed by atoms with van der Waals surface area (Å²) in [6.07, 6.45) is 0.641. The van der Waals surface area contributed by atoms with E-state index >= 15 is 0 Å². The van der Waals surface area contributed by atoms with Gasteiger partial charge in [-0.15, -0.1) is 0 Å². The standard InChI is InChI=1S/C11H9BrClN3O2/c12-5-11(18,6-15)10(17)16-8-2-1-7(4-14)9(13)3-8/h1-3,6,15,18H,5H2,(H,16,17)/t11-/m1/s1. The summed E-state index contributed by atoms with van der Waals surface area (Å²) in [7, 11) is 0. The number of nitrogens with one attached hydrogen (secondary N) is 2. The smallest absolute Gasteiger partial charge is 0.262 e. The molecule has 0 saturated heterocycles. The molecule has 0 bridgehead atoms. The highest BCUT2D eigenvalue weighted by Crippen LogP contribution is 2.21. The van der Waals surface area contributed by atoms with Crippen LogP contribution in [0.2, 0.25) is 5.02 Å². The molecule has 94 valence electrons. The minimum atomic E-state index is -1.92. The van der Waals surface area contributed by atoms with Gasteiger partial charge in [-0.2, -0.15) is 5.26 Å². The van der Waals surface area contributed by atoms with Crippen molar-refractivity contribution in [3.8, 4) is 6.07 Å². The first-order valence-corrected chi connectivity index (χ1v) is 6.28. The van der Waals surface area contributed by atoms with E-state index in [0.29, 0.717) is 11.9 Å². The van der Waals surface area contributed by atoms with Crippen molar-refractivity contribution in [2.45, 2.75) is 5.60 Å². The Morgan fingerprint density at radius 2 is 2.39 bits per heavy atom. The van der Waals surface area contributed by atoms with E-state index in [4.69, 9.17) is 22.3 Å². The SMILES string of the molecule is N#Cc1ccc(NC(=O)[C@](O)(C=N)CBr)cc1Cl. The van der Waals surface area contributed by atoms with Crippen LogP contribution in [0, 0.1) is 16.7 Å². The summed E-state index contributed by atoms with van der Waals surface area (Å²) in [6, 6.07) is 6.23. The molecule has 5 nitrogen and oxygen atoms in total. The number of carbonyl (C=O) groups excluding carboxylic acids is 1. The number of halogens is 2. The number of amides is 1. The Hall–Kier alpha value is -1.42. The first-order chi connectivity index (χ1) is 8.46. The van der Waals surface area contributed by atoms with Gasteiger partial charge in [0, 0.05) is 17.2 Å². The number of rotatable bonds is 4. The predicted octanol–water partition coefficient (Wildman–Crippen LogP) is 1.93. The fourth-order valence-electron chi connectivity index (χ4n) is 1.09. The molecule has 0 unspecified atom stereocenters. The average Bonchev–Trinajstić information content (AvgIpc) is 2.38. The van der Waals surface area contributed by atoms with Crippen LogP contribution >= 0.6 is 27.5 Å². The number of hydrogen-bond acceptors (Lipinski definition) is 4. The van der Waals surface area contributed by atoms with Gasteiger partial charge in [0.25, 0.3) is 5.91 Å². The number of nitrogens with zero attached hydrogens (tertiary/aromatic N) is 1. The van der Waals surface area contributed by atoms with Crippen LogP contribution in [0.25, 0.3) is 0 Å². The van der Waals surface area contributed by atoms with Crippen LogP contribution < -0.4 is 5.32 Å². The molecule has 0 fully saturated rings. The quantitative estimate of drug-likeness (QED) is 0.581. The normalized spacial score (nSPS) is 13.2. The molecule has 0 saturated carbocycles. The van der Waals surface area contributed by atoms with Gasteiger partial charge >= 0.3 is 0 Å². The van der Waals surface area contributed by atoms with Crippen molar-refractivity contribution in [2.75, 3.05) is 10.6 Å². The highest BCUT2D eigenvalue weighted by molar-refractivity contribution is 9.09. The molecule has 1 atom stereocenters. The molecule has 1 aromatic rings. The molecular weight excluding hydrogens is 321 g/mol. The highest BCUT2D eigenvalue weighted by Gasteiger charge is 2.32. The zero-order valence-electron chi connectivity index (χ0n) is 9.08. The van der Waals surface area contributed by atoms with E-state index < -0.39 is 11.5 Å². The van der Waals surface area contributed by atoms with Crippen molar-refractivity contribution in [2.24, 2.45) is 0 Å². The number of hydrogen-bond donors (Lipinski definition) is 3. The van der Waals surface area contributed by atoms with Gasteiger partial charge in [0.1, 0.15) is 6.07 Å². The highest BCUT2D eigenvalue weighted by atomic mass is 79.9. The second-order valence-electron chi connectivity index (χ2n) is 3.46. The van der Waals surface area contributed by atoms with E-state index in [2.05, 4.69) is 21.2 Å². The van der Waals surface area contributed by atoms with Crippen LogP contribution in [-0.2, 0) is 4.79 Å². The minimum absolute atomic E-state index is 0.0979. The molecular formula is C11H9BrClN3O2. The predicted molar refractivity (Wildman–Crippen MR) is 72.3 cm³/mol. The lowest BCUT2D eigenvalue weighted by Gasteiger charge is -2.19. The summed E-state index contributed by atoms with van der Waals surface area (Å²) in [5.41, 5.74) is -1.29. The zero-order valence-corrected chi connectivity index (χ0v) is 11.4. The Morgan fingerprint density at radius 1 is 1.72 bits per heavy atom. The van der Waals surface area contributed by atoms with E-state index in [1.807, 2.05) is 6.07 Å². The lowest BCUT2D eigenvalue weighted by Crippen LogP contribution is -2.45. The second-order valence-corrected chi connectivity index (χ2v) is 4.43. The van der Waals surface area contributed by atoms with Gasteiger partial charge < -0.3 is 15.8 Å². The maximum absolute atomic E-state index is 11.7. The number of carbonyl (C=O) groups is 1. The van der Waals surface area contributed by atoms with E-state index in [9.17, 15) is 9.90 Å². The van der Waals surface area contributed by atoms with Gasteiger partial charge in [-0.3, -0.25) is 4.79 Å². The lowest BCUT2D eigenvalue weighted by molar-refractivity contribution is -0.126. The third-order valence-electron chi connectivity index (χ3n) is 2.18.